The largest absolute Gasteiger partial charge is 0.507 e. The van der Waals surface area contributed by atoms with Gasteiger partial charge in [0.15, 0.2) is 0 Å². The second-order valence-electron chi connectivity index (χ2n) is 7.17. The molecule has 8 nitrogen and oxygen atoms in total. The van der Waals surface area contributed by atoms with Crippen LogP contribution in [0.4, 0.5) is 0 Å². The monoisotopic (exact) mass is 372 g/mol. The number of aromatic amines is 1. The summed E-state index contributed by atoms with van der Waals surface area (Å²) in [5, 5.41) is 29.0. The number of carbonyl (C=O) groups excluding carboxylic acids is 1. The van der Waals surface area contributed by atoms with E-state index in [9.17, 15) is 9.90 Å². The first-order valence-corrected chi connectivity index (χ1v) is 9.25. The van der Waals surface area contributed by atoms with E-state index in [1.165, 1.54) is 0 Å². The smallest absolute Gasteiger partial charge is 0.269 e. The highest BCUT2D eigenvalue weighted by Gasteiger charge is 2.37. The summed E-state index contributed by atoms with van der Waals surface area (Å²) in [7, 11) is 0. The molecular formula is C19H24N4O4. The van der Waals surface area contributed by atoms with Gasteiger partial charge < -0.3 is 20.3 Å². The number of aromatic nitrogens is 2. The van der Waals surface area contributed by atoms with Gasteiger partial charge in [0.05, 0.1) is 18.4 Å². The molecule has 0 bridgehead atoms. The number of nitrogens with zero attached hydrogens (tertiary/aromatic N) is 2. The van der Waals surface area contributed by atoms with Gasteiger partial charge in [-0.15, -0.1) is 0 Å². The summed E-state index contributed by atoms with van der Waals surface area (Å²) in [6, 6.07) is 8.90. The Hall–Kier alpha value is -2.42. The lowest BCUT2D eigenvalue weighted by Gasteiger charge is -2.34. The lowest BCUT2D eigenvalue weighted by Crippen LogP contribution is -2.46. The molecule has 0 radical (unpaired) electrons. The zero-order valence-corrected chi connectivity index (χ0v) is 15.0. The fraction of sp³-hybridized carbons (Fsp3) is 0.474. The van der Waals surface area contributed by atoms with Crippen molar-refractivity contribution >= 4 is 5.91 Å². The number of para-hydroxylation sites is 1. The lowest BCUT2D eigenvalue weighted by molar-refractivity contribution is -0.0566. The predicted molar refractivity (Wildman–Crippen MR) is 98.4 cm³/mol. The van der Waals surface area contributed by atoms with Gasteiger partial charge in [-0.25, -0.2) is 0 Å². The van der Waals surface area contributed by atoms with Crippen LogP contribution in [0.1, 0.15) is 23.3 Å². The maximum Gasteiger partial charge on any atom is 0.269 e. The predicted octanol–water partition coefficient (Wildman–Crippen LogP) is 0.736. The summed E-state index contributed by atoms with van der Waals surface area (Å²) in [6.45, 7) is 2.34. The topological polar surface area (TPSA) is 111 Å². The molecule has 4 N–H and O–H groups in total. The molecule has 0 unspecified atom stereocenters. The molecule has 3 heterocycles. The molecule has 4 rings (SSSR count). The summed E-state index contributed by atoms with van der Waals surface area (Å²) >= 11 is 0. The van der Waals surface area contributed by atoms with Gasteiger partial charge in [-0.05, 0) is 31.0 Å². The Morgan fingerprint density at radius 2 is 2.22 bits per heavy atom. The number of phenols is 1. The summed E-state index contributed by atoms with van der Waals surface area (Å²) in [5.74, 6) is -0.0806. The van der Waals surface area contributed by atoms with Crippen LogP contribution in [0.3, 0.4) is 0 Å². The van der Waals surface area contributed by atoms with Crippen LogP contribution >= 0.6 is 0 Å². The van der Waals surface area contributed by atoms with Crippen LogP contribution in [-0.4, -0.2) is 75.7 Å². The summed E-state index contributed by atoms with van der Waals surface area (Å²) in [5.41, 5.74) is 1.48. The minimum Gasteiger partial charge on any atom is -0.507 e. The van der Waals surface area contributed by atoms with E-state index in [1.807, 2.05) is 6.07 Å². The number of phenolic OH excluding ortho intramolecular Hbond substituents is 1. The number of hydrogen-bond donors (Lipinski definition) is 4. The normalized spacial score (nSPS) is 25.3. The van der Waals surface area contributed by atoms with Gasteiger partial charge in [0.1, 0.15) is 11.4 Å². The van der Waals surface area contributed by atoms with Crippen LogP contribution in [0, 0.1) is 0 Å². The first-order valence-electron chi connectivity index (χ1n) is 9.25. The van der Waals surface area contributed by atoms with E-state index < -0.39 is 0 Å². The van der Waals surface area contributed by atoms with Gasteiger partial charge in [0, 0.05) is 37.3 Å². The third-order valence-corrected chi connectivity index (χ3v) is 5.28. The van der Waals surface area contributed by atoms with Crippen LogP contribution in [0.2, 0.25) is 0 Å². The minimum atomic E-state index is -0.207. The number of aliphatic hydroxyl groups is 1. The molecule has 2 aliphatic rings. The van der Waals surface area contributed by atoms with Crippen LogP contribution in [0.15, 0.2) is 30.3 Å². The molecule has 1 aromatic carbocycles. The highest BCUT2D eigenvalue weighted by Crippen LogP contribution is 2.28. The number of rotatable bonds is 5. The Labute approximate surface area is 157 Å². The Kier molecular flexibility index (Phi) is 5.11. The minimum absolute atomic E-state index is 0.0517. The van der Waals surface area contributed by atoms with Crippen molar-refractivity contribution in [3.63, 3.8) is 0 Å². The third kappa shape index (κ3) is 3.83. The van der Waals surface area contributed by atoms with Crippen molar-refractivity contribution in [3.05, 3.63) is 36.0 Å². The van der Waals surface area contributed by atoms with Crippen molar-refractivity contribution in [2.45, 2.75) is 31.0 Å². The zero-order valence-electron chi connectivity index (χ0n) is 15.0. The molecule has 2 aliphatic heterocycles. The second-order valence-corrected chi connectivity index (χ2v) is 7.17. The maximum absolute atomic E-state index is 12.6. The molecule has 27 heavy (non-hydrogen) atoms. The first-order chi connectivity index (χ1) is 13.1. The number of benzene rings is 1. The van der Waals surface area contributed by atoms with E-state index in [4.69, 9.17) is 9.84 Å². The van der Waals surface area contributed by atoms with E-state index in [-0.39, 0.29) is 30.4 Å². The molecule has 2 aromatic rings. The standard InChI is InChI=1S/C19H24N4O4/c24-6-5-14-10-23-9-12(7-13(23)11-27-14)20-19(26)17-8-16(21-22-17)15-3-1-2-4-18(15)25/h1-4,8,12-14,24-25H,5-7,9-11H2,(H,20,26)(H,21,22)/t12-,13-,14-/m0/s1. The number of morpholine rings is 1. The van der Waals surface area contributed by atoms with E-state index in [0.717, 1.165) is 19.5 Å². The van der Waals surface area contributed by atoms with E-state index >= 15 is 0 Å². The number of fused-ring (bicyclic) bond motifs is 1. The van der Waals surface area contributed by atoms with Crippen LogP contribution in [-0.2, 0) is 4.74 Å². The van der Waals surface area contributed by atoms with E-state index in [1.54, 1.807) is 24.3 Å². The number of H-pyrrole nitrogens is 1. The van der Waals surface area contributed by atoms with Crippen molar-refractivity contribution in [2.24, 2.45) is 0 Å². The Balaban J connectivity index is 1.37. The average Bonchev–Trinajstić information content (AvgIpc) is 3.28. The number of hydrogen-bond acceptors (Lipinski definition) is 6. The molecule has 1 amide bonds. The zero-order chi connectivity index (χ0) is 18.8. The molecular weight excluding hydrogens is 348 g/mol. The Bertz CT molecular complexity index is 809. The number of carbonyl (C=O) groups is 1. The molecule has 0 spiro atoms. The Morgan fingerprint density at radius 1 is 1.37 bits per heavy atom. The van der Waals surface area contributed by atoms with E-state index in [2.05, 4.69) is 20.4 Å². The number of aliphatic hydroxyl groups excluding tert-OH is 1. The highest BCUT2D eigenvalue weighted by atomic mass is 16.5. The van der Waals surface area contributed by atoms with Gasteiger partial charge in [-0.2, -0.15) is 5.10 Å². The summed E-state index contributed by atoms with van der Waals surface area (Å²) in [4.78, 5) is 14.9. The average molecular weight is 372 g/mol. The van der Waals surface area contributed by atoms with Crippen LogP contribution < -0.4 is 5.32 Å². The van der Waals surface area contributed by atoms with Crippen molar-refractivity contribution in [1.29, 1.82) is 0 Å². The Morgan fingerprint density at radius 3 is 3.04 bits per heavy atom. The van der Waals surface area contributed by atoms with Crippen LogP contribution in [0.25, 0.3) is 11.3 Å². The quantitative estimate of drug-likeness (QED) is 0.616. The molecule has 0 saturated carbocycles. The molecule has 0 aliphatic carbocycles. The fourth-order valence-electron chi connectivity index (χ4n) is 3.90. The third-order valence-electron chi connectivity index (χ3n) is 5.28. The lowest BCUT2D eigenvalue weighted by atomic mass is 10.1. The molecule has 2 fully saturated rings. The number of aromatic hydroxyl groups is 1. The second kappa shape index (κ2) is 7.67. The molecule has 144 valence electrons. The fourth-order valence-corrected chi connectivity index (χ4v) is 3.90. The van der Waals surface area contributed by atoms with Crippen LogP contribution in [0.5, 0.6) is 5.75 Å². The van der Waals surface area contributed by atoms with Gasteiger partial charge in [-0.1, -0.05) is 12.1 Å². The molecule has 8 heteroatoms. The van der Waals surface area contributed by atoms with Gasteiger partial charge >= 0.3 is 0 Å². The summed E-state index contributed by atoms with van der Waals surface area (Å²) < 4.78 is 5.78. The number of amides is 1. The first kappa shape index (κ1) is 18.0. The molecule has 2 saturated heterocycles. The van der Waals surface area contributed by atoms with E-state index in [0.29, 0.717) is 36.0 Å². The van der Waals surface area contributed by atoms with Crippen molar-refractivity contribution in [3.8, 4) is 17.0 Å². The number of ether oxygens (including phenoxy) is 1. The SMILES string of the molecule is O=C(N[C@H]1C[C@H]2CO[C@@H](CCO)CN2C1)c1cc(-c2ccccc2O)n[nH]1. The summed E-state index contributed by atoms with van der Waals surface area (Å²) in [6.07, 6.45) is 1.55. The number of nitrogens with one attached hydrogen (secondary N) is 2. The van der Waals surface area contributed by atoms with Crippen molar-refractivity contribution < 1.29 is 19.7 Å². The molecule has 3 atom stereocenters. The van der Waals surface area contributed by atoms with Gasteiger partial charge in [-0.3, -0.25) is 14.8 Å². The van der Waals surface area contributed by atoms with Gasteiger partial charge in [0.25, 0.3) is 5.91 Å². The van der Waals surface area contributed by atoms with Crippen molar-refractivity contribution in [2.75, 3.05) is 26.3 Å². The molecule has 1 aromatic heterocycles. The van der Waals surface area contributed by atoms with Crippen molar-refractivity contribution in [1.82, 2.24) is 20.4 Å². The maximum atomic E-state index is 12.6. The van der Waals surface area contributed by atoms with Gasteiger partial charge in [0.2, 0.25) is 0 Å². The highest BCUT2D eigenvalue weighted by molar-refractivity contribution is 5.93.